The van der Waals surface area contributed by atoms with Crippen LogP contribution in [0.1, 0.15) is 40.5 Å². The van der Waals surface area contributed by atoms with Crippen molar-refractivity contribution in [3.63, 3.8) is 0 Å². The van der Waals surface area contributed by atoms with Crippen LogP contribution < -0.4 is 5.32 Å². The zero-order valence-electron chi connectivity index (χ0n) is 11.8. The zero-order chi connectivity index (χ0) is 12.5. The molecule has 0 saturated carbocycles. The van der Waals surface area contributed by atoms with Crippen LogP contribution in [0.25, 0.3) is 0 Å². The minimum absolute atomic E-state index is 0.261. The maximum atomic E-state index is 5.78. The third kappa shape index (κ3) is 3.21. The maximum absolute atomic E-state index is 5.78. The molecule has 1 N–H and O–H groups in total. The van der Waals surface area contributed by atoms with Crippen molar-refractivity contribution in [2.75, 3.05) is 26.2 Å². The van der Waals surface area contributed by atoms with E-state index in [0.717, 1.165) is 26.2 Å². The van der Waals surface area contributed by atoms with Crippen LogP contribution in [0.5, 0.6) is 0 Å². The van der Waals surface area contributed by atoms with Crippen LogP contribution >= 0.6 is 0 Å². The molecule has 0 bridgehead atoms. The molecule has 2 rings (SSSR count). The Morgan fingerprint density at radius 2 is 2.18 bits per heavy atom. The summed E-state index contributed by atoms with van der Waals surface area (Å²) >= 11 is 0. The summed E-state index contributed by atoms with van der Waals surface area (Å²) in [5.41, 5.74) is 0.261. The van der Waals surface area contributed by atoms with Crippen molar-refractivity contribution < 1.29 is 4.74 Å². The summed E-state index contributed by atoms with van der Waals surface area (Å²) < 4.78 is 5.78. The second-order valence-corrected chi connectivity index (χ2v) is 6.58. The Morgan fingerprint density at radius 1 is 1.41 bits per heavy atom. The standard InChI is InChI=1S/C14H28N2O/c1-11(2)13-9-16(14(3,4)10-15-13)8-12-6-5-7-17-12/h11-13,15H,5-10H2,1-4H3. The highest BCUT2D eigenvalue weighted by atomic mass is 16.5. The quantitative estimate of drug-likeness (QED) is 0.815. The number of hydrogen-bond acceptors (Lipinski definition) is 3. The molecule has 2 fully saturated rings. The zero-order valence-corrected chi connectivity index (χ0v) is 11.8. The van der Waals surface area contributed by atoms with E-state index < -0.39 is 0 Å². The molecule has 0 aliphatic carbocycles. The SMILES string of the molecule is CC(C)C1CN(CC2CCCO2)C(C)(C)CN1. The van der Waals surface area contributed by atoms with Gasteiger partial charge in [0.15, 0.2) is 0 Å². The lowest BCUT2D eigenvalue weighted by Crippen LogP contribution is -2.64. The molecule has 2 aliphatic heterocycles. The summed E-state index contributed by atoms with van der Waals surface area (Å²) in [5, 5.41) is 3.68. The minimum atomic E-state index is 0.261. The van der Waals surface area contributed by atoms with Crippen molar-refractivity contribution in [2.45, 2.75) is 58.2 Å². The number of nitrogens with one attached hydrogen (secondary N) is 1. The Morgan fingerprint density at radius 3 is 2.76 bits per heavy atom. The Hall–Kier alpha value is -0.120. The van der Waals surface area contributed by atoms with E-state index in [1.807, 2.05) is 0 Å². The average molecular weight is 240 g/mol. The van der Waals surface area contributed by atoms with Gasteiger partial charge >= 0.3 is 0 Å². The van der Waals surface area contributed by atoms with Gasteiger partial charge in [-0.1, -0.05) is 13.8 Å². The fourth-order valence-electron chi connectivity index (χ4n) is 2.84. The van der Waals surface area contributed by atoms with Gasteiger partial charge in [-0.05, 0) is 32.6 Å². The third-order valence-corrected chi connectivity index (χ3v) is 4.32. The molecule has 100 valence electrons. The normalized spacial score (nSPS) is 34.4. The lowest BCUT2D eigenvalue weighted by molar-refractivity contribution is 0.00223. The lowest BCUT2D eigenvalue weighted by Gasteiger charge is -2.48. The second kappa shape index (κ2) is 5.25. The molecule has 2 aliphatic rings. The number of nitrogens with zero attached hydrogens (tertiary/aromatic N) is 1. The molecule has 17 heavy (non-hydrogen) atoms. The predicted octanol–water partition coefficient (Wildman–Crippen LogP) is 1.87. The first-order valence-corrected chi connectivity index (χ1v) is 7.09. The summed E-state index contributed by atoms with van der Waals surface area (Å²) in [6.45, 7) is 13.6. The van der Waals surface area contributed by atoms with E-state index in [1.165, 1.54) is 12.8 Å². The molecular weight excluding hydrogens is 212 g/mol. The van der Waals surface area contributed by atoms with Crippen molar-refractivity contribution >= 4 is 0 Å². The third-order valence-electron chi connectivity index (χ3n) is 4.32. The lowest BCUT2D eigenvalue weighted by atomic mass is 9.92. The highest BCUT2D eigenvalue weighted by Crippen LogP contribution is 2.24. The number of rotatable bonds is 3. The first-order chi connectivity index (χ1) is 7.99. The number of ether oxygens (including phenoxy) is 1. The summed E-state index contributed by atoms with van der Waals surface area (Å²) in [6, 6.07) is 0.629. The molecule has 3 heteroatoms. The van der Waals surface area contributed by atoms with Crippen molar-refractivity contribution in [1.82, 2.24) is 10.2 Å². The summed E-state index contributed by atoms with van der Waals surface area (Å²) in [5.74, 6) is 0.707. The molecule has 0 aromatic carbocycles. The molecule has 2 unspecified atom stereocenters. The molecule has 0 aromatic heterocycles. The first kappa shape index (κ1) is 13.3. The van der Waals surface area contributed by atoms with E-state index in [9.17, 15) is 0 Å². The van der Waals surface area contributed by atoms with Gasteiger partial charge in [-0.25, -0.2) is 0 Å². The monoisotopic (exact) mass is 240 g/mol. The van der Waals surface area contributed by atoms with Gasteiger partial charge in [-0.3, -0.25) is 4.90 Å². The molecule has 0 radical (unpaired) electrons. The van der Waals surface area contributed by atoms with E-state index in [0.29, 0.717) is 18.1 Å². The van der Waals surface area contributed by atoms with Gasteiger partial charge in [0, 0.05) is 37.8 Å². The van der Waals surface area contributed by atoms with Crippen LogP contribution in [-0.4, -0.2) is 48.8 Å². The Balaban J connectivity index is 1.95. The predicted molar refractivity (Wildman–Crippen MR) is 71.3 cm³/mol. The maximum Gasteiger partial charge on any atom is 0.0703 e. The topological polar surface area (TPSA) is 24.5 Å². The minimum Gasteiger partial charge on any atom is -0.377 e. The van der Waals surface area contributed by atoms with Crippen LogP contribution in [0.4, 0.5) is 0 Å². The van der Waals surface area contributed by atoms with Crippen LogP contribution in [0.15, 0.2) is 0 Å². The fourth-order valence-corrected chi connectivity index (χ4v) is 2.84. The fraction of sp³-hybridized carbons (Fsp3) is 1.00. The van der Waals surface area contributed by atoms with Crippen LogP contribution in [0.3, 0.4) is 0 Å². The summed E-state index contributed by atoms with van der Waals surface area (Å²) in [7, 11) is 0. The Bertz CT molecular complexity index is 245. The molecule has 3 nitrogen and oxygen atoms in total. The van der Waals surface area contributed by atoms with E-state index in [1.54, 1.807) is 0 Å². The first-order valence-electron chi connectivity index (χ1n) is 7.09. The summed E-state index contributed by atoms with van der Waals surface area (Å²) in [6.07, 6.45) is 2.96. The van der Waals surface area contributed by atoms with Crippen LogP contribution in [-0.2, 0) is 4.74 Å². The van der Waals surface area contributed by atoms with Crippen molar-refractivity contribution in [3.05, 3.63) is 0 Å². The van der Waals surface area contributed by atoms with Crippen LogP contribution in [0.2, 0.25) is 0 Å². The van der Waals surface area contributed by atoms with E-state index >= 15 is 0 Å². The number of hydrogen-bond donors (Lipinski definition) is 1. The molecular formula is C14H28N2O. The molecule has 0 spiro atoms. The van der Waals surface area contributed by atoms with Gasteiger partial charge in [-0.2, -0.15) is 0 Å². The molecule has 2 saturated heterocycles. The largest absolute Gasteiger partial charge is 0.377 e. The van der Waals surface area contributed by atoms with Gasteiger partial charge in [-0.15, -0.1) is 0 Å². The summed E-state index contributed by atoms with van der Waals surface area (Å²) in [4.78, 5) is 2.63. The number of piperazine rings is 1. The average Bonchev–Trinajstić information content (AvgIpc) is 2.73. The van der Waals surface area contributed by atoms with Gasteiger partial charge in [0.05, 0.1) is 6.10 Å². The van der Waals surface area contributed by atoms with E-state index in [4.69, 9.17) is 4.74 Å². The second-order valence-electron chi connectivity index (χ2n) is 6.58. The van der Waals surface area contributed by atoms with Gasteiger partial charge in [0.2, 0.25) is 0 Å². The smallest absolute Gasteiger partial charge is 0.0703 e. The van der Waals surface area contributed by atoms with Crippen molar-refractivity contribution in [2.24, 2.45) is 5.92 Å². The van der Waals surface area contributed by atoms with Gasteiger partial charge in [0.1, 0.15) is 0 Å². The van der Waals surface area contributed by atoms with E-state index in [2.05, 4.69) is 37.9 Å². The van der Waals surface area contributed by atoms with E-state index in [-0.39, 0.29) is 5.54 Å². The Kier molecular flexibility index (Phi) is 4.11. The van der Waals surface area contributed by atoms with Gasteiger partial charge in [0.25, 0.3) is 0 Å². The highest BCUT2D eigenvalue weighted by Gasteiger charge is 2.36. The highest BCUT2D eigenvalue weighted by molar-refractivity contribution is 4.94. The van der Waals surface area contributed by atoms with Gasteiger partial charge < -0.3 is 10.1 Å². The molecule has 2 atom stereocenters. The van der Waals surface area contributed by atoms with Crippen LogP contribution in [0, 0.1) is 5.92 Å². The molecule has 2 heterocycles. The van der Waals surface area contributed by atoms with Crippen molar-refractivity contribution in [1.29, 1.82) is 0 Å². The Labute approximate surface area is 106 Å². The molecule has 0 aromatic rings. The molecule has 0 amide bonds. The van der Waals surface area contributed by atoms with Crippen molar-refractivity contribution in [3.8, 4) is 0 Å².